The zero-order chi connectivity index (χ0) is 13.8. The average molecular weight is 336 g/mol. The van der Waals surface area contributed by atoms with E-state index in [9.17, 15) is 0 Å². The van der Waals surface area contributed by atoms with Gasteiger partial charge in [-0.25, -0.2) is 4.98 Å². The van der Waals surface area contributed by atoms with Crippen molar-refractivity contribution < 1.29 is 0 Å². The minimum atomic E-state index is 0.147. The van der Waals surface area contributed by atoms with Gasteiger partial charge in [-0.2, -0.15) is 5.26 Å². The smallest absolute Gasteiger partial charge is 0.125 e. The van der Waals surface area contributed by atoms with Gasteiger partial charge >= 0.3 is 0 Å². The SMILES string of the molecule is Cc1nc(-c2ccccc2Br)sc1[C@@H](C)NCC#N. The lowest BCUT2D eigenvalue weighted by atomic mass is 10.2. The van der Waals surface area contributed by atoms with E-state index in [1.807, 2.05) is 25.1 Å². The van der Waals surface area contributed by atoms with E-state index in [2.05, 4.69) is 45.3 Å². The largest absolute Gasteiger partial charge is 0.297 e. The van der Waals surface area contributed by atoms with Crippen molar-refractivity contribution in [3.8, 4) is 16.6 Å². The van der Waals surface area contributed by atoms with Gasteiger partial charge in [0.05, 0.1) is 18.3 Å². The topological polar surface area (TPSA) is 48.7 Å². The number of nitriles is 1. The second-order valence-corrected chi connectivity index (χ2v) is 6.09. The highest BCUT2D eigenvalue weighted by atomic mass is 79.9. The van der Waals surface area contributed by atoms with E-state index in [4.69, 9.17) is 5.26 Å². The summed E-state index contributed by atoms with van der Waals surface area (Å²) in [7, 11) is 0. The molecule has 0 amide bonds. The number of aryl methyl sites for hydroxylation is 1. The van der Waals surface area contributed by atoms with Crippen LogP contribution in [0.5, 0.6) is 0 Å². The van der Waals surface area contributed by atoms with Gasteiger partial charge < -0.3 is 0 Å². The van der Waals surface area contributed by atoms with Crippen molar-refractivity contribution in [2.24, 2.45) is 0 Å². The Morgan fingerprint density at radius 3 is 2.89 bits per heavy atom. The van der Waals surface area contributed by atoms with Crippen LogP contribution in [-0.4, -0.2) is 11.5 Å². The summed E-state index contributed by atoms with van der Waals surface area (Å²) in [5.74, 6) is 0. The molecule has 1 atom stereocenters. The molecule has 2 aromatic rings. The van der Waals surface area contributed by atoms with Crippen LogP contribution >= 0.6 is 27.3 Å². The zero-order valence-corrected chi connectivity index (χ0v) is 13.2. The Bertz CT molecular complexity index is 615. The Hall–Kier alpha value is -1.22. The van der Waals surface area contributed by atoms with Gasteiger partial charge in [-0.05, 0) is 19.9 Å². The van der Waals surface area contributed by atoms with Gasteiger partial charge in [-0.3, -0.25) is 5.32 Å². The van der Waals surface area contributed by atoms with Crippen LogP contribution in [0, 0.1) is 18.3 Å². The van der Waals surface area contributed by atoms with Gasteiger partial charge in [0.15, 0.2) is 0 Å². The lowest BCUT2D eigenvalue weighted by Crippen LogP contribution is -2.18. The summed E-state index contributed by atoms with van der Waals surface area (Å²) in [6, 6.07) is 10.3. The molecule has 0 saturated carbocycles. The van der Waals surface area contributed by atoms with Crippen molar-refractivity contribution >= 4 is 27.3 Å². The predicted octanol–water partition coefficient (Wildman–Crippen LogP) is 4.06. The monoisotopic (exact) mass is 335 g/mol. The number of benzene rings is 1. The van der Waals surface area contributed by atoms with Crippen LogP contribution in [0.4, 0.5) is 0 Å². The van der Waals surface area contributed by atoms with Gasteiger partial charge in [-0.1, -0.05) is 34.1 Å². The maximum absolute atomic E-state index is 8.62. The van der Waals surface area contributed by atoms with E-state index >= 15 is 0 Å². The van der Waals surface area contributed by atoms with Gasteiger partial charge in [0.1, 0.15) is 5.01 Å². The lowest BCUT2D eigenvalue weighted by molar-refractivity contribution is 0.626. The molecule has 19 heavy (non-hydrogen) atoms. The molecule has 0 unspecified atom stereocenters. The van der Waals surface area contributed by atoms with E-state index in [-0.39, 0.29) is 6.04 Å². The van der Waals surface area contributed by atoms with E-state index in [0.717, 1.165) is 20.7 Å². The second-order valence-electron chi connectivity index (χ2n) is 4.21. The van der Waals surface area contributed by atoms with Crippen molar-refractivity contribution in [2.45, 2.75) is 19.9 Å². The molecule has 1 N–H and O–H groups in total. The van der Waals surface area contributed by atoms with Crippen molar-refractivity contribution in [1.82, 2.24) is 10.3 Å². The molecule has 5 heteroatoms. The van der Waals surface area contributed by atoms with Crippen LogP contribution in [0.3, 0.4) is 0 Å². The first-order valence-electron chi connectivity index (χ1n) is 5.96. The fraction of sp³-hybridized carbons (Fsp3) is 0.286. The number of rotatable bonds is 4. The third-order valence-electron chi connectivity index (χ3n) is 2.82. The highest BCUT2D eigenvalue weighted by molar-refractivity contribution is 9.10. The third kappa shape index (κ3) is 3.21. The summed E-state index contributed by atoms with van der Waals surface area (Å²) in [5.41, 5.74) is 2.13. The third-order valence-corrected chi connectivity index (χ3v) is 4.88. The summed E-state index contributed by atoms with van der Waals surface area (Å²) in [6.45, 7) is 4.42. The Kier molecular flexibility index (Phi) is 4.70. The summed E-state index contributed by atoms with van der Waals surface area (Å²) in [4.78, 5) is 5.82. The van der Waals surface area contributed by atoms with Crippen LogP contribution in [0.15, 0.2) is 28.7 Å². The number of aromatic nitrogens is 1. The van der Waals surface area contributed by atoms with Crippen LogP contribution in [0.1, 0.15) is 23.5 Å². The molecule has 3 nitrogen and oxygen atoms in total. The molecule has 1 aromatic carbocycles. The minimum Gasteiger partial charge on any atom is -0.297 e. The summed E-state index contributed by atoms with van der Waals surface area (Å²) in [6.07, 6.45) is 0. The molecule has 98 valence electrons. The molecule has 0 spiro atoms. The minimum absolute atomic E-state index is 0.147. The highest BCUT2D eigenvalue weighted by Gasteiger charge is 2.15. The van der Waals surface area contributed by atoms with Crippen LogP contribution < -0.4 is 5.32 Å². The molecule has 0 bridgehead atoms. The van der Waals surface area contributed by atoms with Crippen LogP contribution in [0.25, 0.3) is 10.6 Å². The molecule has 1 heterocycles. The quantitative estimate of drug-likeness (QED) is 0.857. The first-order valence-corrected chi connectivity index (χ1v) is 7.57. The number of thiazole rings is 1. The van der Waals surface area contributed by atoms with Gasteiger partial charge in [0, 0.05) is 21.0 Å². The molecule has 0 aliphatic carbocycles. The molecule has 0 radical (unpaired) electrons. The number of nitrogens with zero attached hydrogens (tertiary/aromatic N) is 2. The van der Waals surface area contributed by atoms with Crippen LogP contribution in [0.2, 0.25) is 0 Å². The van der Waals surface area contributed by atoms with E-state index in [1.165, 1.54) is 4.88 Å². The molecule has 0 saturated heterocycles. The van der Waals surface area contributed by atoms with E-state index in [1.54, 1.807) is 11.3 Å². The maximum atomic E-state index is 8.62. The molecule has 2 rings (SSSR count). The number of halogens is 1. The van der Waals surface area contributed by atoms with E-state index < -0.39 is 0 Å². The van der Waals surface area contributed by atoms with Crippen LogP contribution in [-0.2, 0) is 0 Å². The average Bonchev–Trinajstić information content (AvgIpc) is 2.78. The van der Waals surface area contributed by atoms with Gasteiger partial charge in [0.25, 0.3) is 0 Å². The summed E-state index contributed by atoms with van der Waals surface area (Å²) < 4.78 is 1.05. The van der Waals surface area contributed by atoms with Gasteiger partial charge in [-0.15, -0.1) is 11.3 Å². The molecule has 0 fully saturated rings. The molecule has 0 aliphatic heterocycles. The Morgan fingerprint density at radius 1 is 1.47 bits per heavy atom. The standard InChI is InChI=1S/C14H14BrN3S/c1-9(17-8-7-16)13-10(2)18-14(19-13)11-5-3-4-6-12(11)15/h3-6,9,17H,8H2,1-2H3/t9-/m1/s1. The van der Waals surface area contributed by atoms with Gasteiger partial charge in [0.2, 0.25) is 0 Å². The maximum Gasteiger partial charge on any atom is 0.125 e. The fourth-order valence-electron chi connectivity index (χ4n) is 1.85. The predicted molar refractivity (Wildman–Crippen MR) is 82.0 cm³/mol. The zero-order valence-electron chi connectivity index (χ0n) is 10.8. The number of hydrogen-bond acceptors (Lipinski definition) is 4. The fourth-order valence-corrected chi connectivity index (χ4v) is 3.59. The normalized spacial score (nSPS) is 12.1. The lowest BCUT2D eigenvalue weighted by Gasteiger charge is -2.09. The number of hydrogen-bond donors (Lipinski definition) is 1. The summed E-state index contributed by atoms with van der Waals surface area (Å²) >= 11 is 5.23. The Balaban J connectivity index is 2.32. The molecule has 0 aliphatic rings. The first-order chi connectivity index (χ1) is 9.13. The number of nitrogens with one attached hydrogen (secondary N) is 1. The Labute approximate surface area is 125 Å². The van der Waals surface area contributed by atoms with Crippen molar-refractivity contribution in [3.05, 3.63) is 39.3 Å². The molecular formula is C14H14BrN3S. The second kappa shape index (κ2) is 6.29. The van der Waals surface area contributed by atoms with Crippen molar-refractivity contribution in [1.29, 1.82) is 5.26 Å². The first kappa shape index (κ1) is 14.2. The highest BCUT2D eigenvalue weighted by Crippen LogP contribution is 2.35. The summed E-state index contributed by atoms with van der Waals surface area (Å²) in [5, 5.41) is 12.8. The van der Waals surface area contributed by atoms with Crippen molar-refractivity contribution in [2.75, 3.05) is 6.54 Å². The molecular weight excluding hydrogens is 322 g/mol. The molecule has 1 aromatic heterocycles. The van der Waals surface area contributed by atoms with Crippen molar-refractivity contribution in [3.63, 3.8) is 0 Å². The Morgan fingerprint density at radius 2 is 2.21 bits per heavy atom. The van der Waals surface area contributed by atoms with E-state index in [0.29, 0.717) is 6.54 Å².